The standard InChI is InChI=1S/C25H20ClN7OS/c1-15-4-2-5-18(26)22(15)33-24(34)19-14-29-25(35-19)32-21-7-3-6-20(31-21)30-17-10-8-16(9-11-17)23-27-12-13-28-23/h2-14H,1H3,(H,27,28)(H,33,34)(H2,29,30,31,32). The molecule has 35 heavy (non-hydrogen) atoms. The second kappa shape index (κ2) is 9.96. The molecule has 0 bridgehead atoms. The Morgan fingerprint density at radius 2 is 1.74 bits per heavy atom. The van der Waals surface area contributed by atoms with Gasteiger partial charge >= 0.3 is 0 Å². The highest BCUT2D eigenvalue weighted by molar-refractivity contribution is 7.17. The molecule has 8 nitrogen and oxygen atoms in total. The molecule has 0 spiro atoms. The number of pyridine rings is 1. The van der Waals surface area contributed by atoms with E-state index in [1.807, 2.05) is 61.5 Å². The average Bonchev–Trinajstić information content (AvgIpc) is 3.55. The molecular weight excluding hydrogens is 482 g/mol. The van der Waals surface area contributed by atoms with Crippen LogP contribution in [0.15, 0.2) is 79.3 Å². The summed E-state index contributed by atoms with van der Waals surface area (Å²) in [6, 6.07) is 19.0. The van der Waals surface area contributed by atoms with Gasteiger partial charge in [0.2, 0.25) is 0 Å². The third-order valence-electron chi connectivity index (χ3n) is 5.10. The van der Waals surface area contributed by atoms with E-state index < -0.39 is 0 Å². The molecule has 4 N–H and O–H groups in total. The van der Waals surface area contributed by atoms with Crippen molar-refractivity contribution in [1.82, 2.24) is 19.9 Å². The Kier molecular flexibility index (Phi) is 6.42. The Balaban J connectivity index is 1.24. The van der Waals surface area contributed by atoms with Crippen LogP contribution in [0.4, 0.5) is 28.1 Å². The number of H-pyrrole nitrogens is 1. The summed E-state index contributed by atoms with van der Waals surface area (Å²) in [5.41, 5.74) is 3.38. The third-order valence-corrected chi connectivity index (χ3v) is 6.33. The van der Waals surface area contributed by atoms with Crippen molar-refractivity contribution in [3.8, 4) is 11.4 Å². The number of aromatic amines is 1. The fourth-order valence-corrected chi connectivity index (χ4v) is 4.36. The number of amides is 1. The maximum absolute atomic E-state index is 12.7. The molecule has 174 valence electrons. The van der Waals surface area contributed by atoms with Crippen molar-refractivity contribution < 1.29 is 4.79 Å². The van der Waals surface area contributed by atoms with Crippen molar-refractivity contribution in [1.29, 1.82) is 0 Å². The van der Waals surface area contributed by atoms with Crippen LogP contribution in [0.5, 0.6) is 0 Å². The number of hydrogen-bond acceptors (Lipinski definition) is 7. The molecule has 0 aliphatic heterocycles. The average molecular weight is 502 g/mol. The van der Waals surface area contributed by atoms with E-state index >= 15 is 0 Å². The van der Waals surface area contributed by atoms with Crippen molar-refractivity contribution in [3.05, 3.63) is 94.7 Å². The summed E-state index contributed by atoms with van der Waals surface area (Å²) in [4.78, 5) is 29.4. The number of thiazole rings is 1. The molecule has 0 unspecified atom stereocenters. The number of hydrogen-bond donors (Lipinski definition) is 4. The SMILES string of the molecule is Cc1cccc(Cl)c1NC(=O)c1cnc(Nc2cccc(Nc3ccc(-c4ncc[nH]4)cc3)n2)s1. The molecule has 0 fully saturated rings. The quantitative estimate of drug-likeness (QED) is 0.199. The number of para-hydroxylation sites is 1. The highest BCUT2D eigenvalue weighted by Crippen LogP contribution is 2.28. The van der Waals surface area contributed by atoms with E-state index in [1.165, 1.54) is 17.5 Å². The predicted octanol–water partition coefficient (Wildman–Crippen LogP) is 6.63. The van der Waals surface area contributed by atoms with Crippen LogP contribution < -0.4 is 16.0 Å². The normalized spacial score (nSPS) is 10.7. The molecular formula is C25H20ClN7OS. The van der Waals surface area contributed by atoms with Crippen molar-refractivity contribution in [2.75, 3.05) is 16.0 Å². The van der Waals surface area contributed by atoms with Gasteiger partial charge in [-0.05, 0) is 55.0 Å². The number of anilines is 5. The van der Waals surface area contributed by atoms with E-state index in [-0.39, 0.29) is 5.91 Å². The van der Waals surface area contributed by atoms with Crippen LogP contribution in [0.3, 0.4) is 0 Å². The van der Waals surface area contributed by atoms with Gasteiger partial charge in [0.15, 0.2) is 5.13 Å². The smallest absolute Gasteiger partial charge is 0.267 e. The van der Waals surface area contributed by atoms with Crippen molar-refractivity contribution >= 4 is 57.0 Å². The molecule has 0 aliphatic rings. The minimum Gasteiger partial charge on any atom is -0.345 e. The maximum Gasteiger partial charge on any atom is 0.267 e. The minimum absolute atomic E-state index is 0.270. The largest absolute Gasteiger partial charge is 0.345 e. The molecule has 5 aromatic rings. The molecule has 3 aromatic heterocycles. The molecule has 1 amide bonds. The van der Waals surface area contributed by atoms with E-state index in [9.17, 15) is 4.79 Å². The van der Waals surface area contributed by atoms with Gasteiger partial charge in [0.25, 0.3) is 5.91 Å². The van der Waals surface area contributed by atoms with Crippen molar-refractivity contribution in [2.24, 2.45) is 0 Å². The Labute approximate surface area is 210 Å². The Morgan fingerprint density at radius 1 is 0.971 bits per heavy atom. The van der Waals surface area contributed by atoms with Crippen LogP contribution in [-0.4, -0.2) is 25.8 Å². The topological polar surface area (TPSA) is 108 Å². The first kappa shape index (κ1) is 22.6. The highest BCUT2D eigenvalue weighted by Gasteiger charge is 2.14. The number of imidazole rings is 1. The monoisotopic (exact) mass is 501 g/mol. The number of benzene rings is 2. The summed E-state index contributed by atoms with van der Waals surface area (Å²) in [5, 5.41) is 10.4. The molecule has 0 radical (unpaired) electrons. The fraction of sp³-hybridized carbons (Fsp3) is 0.0400. The Hall–Kier alpha value is -4.21. The summed E-state index contributed by atoms with van der Waals surface area (Å²) in [6.07, 6.45) is 5.04. The van der Waals surface area contributed by atoms with Crippen LogP contribution in [0.1, 0.15) is 15.2 Å². The molecule has 0 saturated heterocycles. The van der Waals surface area contributed by atoms with Crippen LogP contribution in [0, 0.1) is 6.92 Å². The first-order chi connectivity index (χ1) is 17.0. The van der Waals surface area contributed by atoms with Gasteiger partial charge in [0.1, 0.15) is 22.3 Å². The molecule has 0 saturated carbocycles. The molecule has 3 heterocycles. The Morgan fingerprint density at radius 3 is 2.49 bits per heavy atom. The molecule has 10 heteroatoms. The van der Waals surface area contributed by atoms with Crippen LogP contribution in [0.25, 0.3) is 11.4 Å². The zero-order chi connectivity index (χ0) is 24.2. The minimum atomic E-state index is -0.270. The Bertz CT molecular complexity index is 1450. The highest BCUT2D eigenvalue weighted by atomic mass is 35.5. The number of aryl methyl sites for hydroxylation is 1. The van der Waals surface area contributed by atoms with Gasteiger partial charge in [-0.3, -0.25) is 4.79 Å². The lowest BCUT2D eigenvalue weighted by Crippen LogP contribution is -2.11. The van der Waals surface area contributed by atoms with E-state index in [0.29, 0.717) is 32.4 Å². The summed E-state index contributed by atoms with van der Waals surface area (Å²) >= 11 is 7.45. The zero-order valence-electron chi connectivity index (χ0n) is 18.5. The second-order valence-electron chi connectivity index (χ2n) is 7.59. The lowest BCUT2D eigenvalue weighted by molar-refractivity contribution is 0.103. The second-order valence-corrected chi connectivity index (χ2v) is 9.03. The summed E-state index contributed by atoms with van der Waals surface area (Å²) in [6.45, 7) is 1.89. The van der Waals surface area contributed by atoms with Gasteiger partial charge in [-0.25, -0.2) is 15.0 Å². The number of carbonyl (C=O) groups excluding carboxylic acids is 1. The molecule has 0 aliphatic carbocycles. The van der Waals surface area contributed by atoms with Gasteiger partial charge in [-0.15, -0.1) is 0 Å². The first-order valence-corrected chi connectivity index (χ1v) is 11.9. The number of nitrogens with one attached hydrogen (secondary N) is 4. The van der Waals surface area contributed by atoms with E-state index in [0.717, 1.165) is 22.6 Å². The summed E-state index contributed by atoms with van der Waals surface area (Å²) < 4.78 is 0. The molecule has 0 atom stereocenters. The number of carbonyl (C=O) groups is 1. The van der Waals surface area contributed by atoms with Gasteiger partial charge in [-0.1, -0.05) is 41.1 Å². The van der Waals surface area contributed by atoms with Gasteiger partial charge in [0.05, 0.1) is 16.9 Å². The van der Waals surface area contributed by atoms with Crippen molar-refractivity contribution in [3.63, 3.8) is 0 Å². The zero-order valence-corrected chi connectivity index (χ0v) is 20.1. The maximum atomic E-state index is 12.7. The number of nitrogens with zero attached hydrogens (tertiary/aromatic N) is 3. The van der Waals surface area contributed by atoms with Gasteiger partial charge in [-0.2, -0.15) is 0 Å². The summed E-state index contributed by atoms with van der Waals surface area (Å²) in [7, 11) is 0. The van der Waals surface area contributed by atoms with E-state index in [4.69, 9.17) is 11.6 Å². The summed E-state index contributed by atoms with van der Waals surface area (Å²) in [5.74, 6) is 1.82. The third kappa shape index (κ3) is 5.32. The molecule has 2 aromatic carbocycles. The molecule has 5 rings (SSSR count). The lowest BCUT2D eigenvalue weighted by atomic mass is 10.2. The van der Waals surface area contributed by atoms with E-state index in [1.54, 1.807) is 18.5 Å². The number of aromatic nitrogens is 4. The first-order valence-electron chi connectivity index (χ1n) is 10.7. The number of rotatable bonds is 7. The number of halogens is 1. The van der Waals surface area contributed by atoms with E-state index in [2.05, 4.69) is 35.9 Å². The van der Waals surface area contributed by atoms with Gasteiger partial charge < -0.3 is 20.9 Å². The van der Waals surface area contributed by atoms with Crippen LogP contribution in [0.2, 0.25) is 5.02 Å². The fourth-order valence-electron chi connectivity index (χ4n) is 3.37. The van der Waals surface area contributed by atoms with Crippen LogP contribution >= 0.6 is 22.9 Å². The van der Waals surface area contributed by atoms with Crippen LogP contribution in [-0.2, 0) is 0 Å². The lowest BCUT2D eigenvalue weighted by Gasteiger charge is -2.09. The van der Waals surface area contributed by atoms with Gasteiger partial charge in [0, 0.05) is 23.6 Å². The van der Waals surface area contributed by atoms with Crippen molar-refractivity contribution in [2.45, 2.75) is 6.92 Å². The predicted molar refractivity (Wildman–Crippen MR) is 141 cm³/mol.